The van der Waals surface area contributed by atoms with E-state index in [2.05, 4.69) is 0 Å². The van der Waals surface area contributed by atoms with E-state index in [0.717, 1.165) is 12.0 Å². The van der Waals surface area contributed by atoms with Crippen LogP contribution in [0.1, 0.15) is 18.9 Å². The summed E-state index contributed by atoms with van der Waals surface area (Å²) in [5, 5.41) is 1.40. The van der Waals surface area contributed by atoms with E-state index in [1.165, 1.54) is 0 Å². The molecule has 2 N–H and O–H groups in total. The van der Waals surface area contributed by atoms with Crippen molar-refractivity contribution in [2.75, 3.05) is 7.11 Å². The van der Waals surface area contributed by atoms with Crippen molar-refractivity contribution in [1.29, 1.82) is 0 Å². The highest BCUT2D eigenvalue weighted by atomic mass is 35.5. The standard InChI is InChI=1S/C12H17Cl2NO/c1-8(16-2)5-11(15)7-9-6-10(13)3-4-12(9)14/h3-4,6,8,11H,5,7,15H2,1-2H3. The van der Waals surface area contributed by atoms with Crippen LogP contribution >= 0.6 is 23.2 Å². The van der Waals surface area contributed by atoms with E-state index in [-0.39, 0.29) is 12.1 Å². The first-order valence-corrected chi connectivity index (χ1v) is 6.00. The van der Waals surface area contributed by atoms with Gasteiger partial charge in [0.25, 0.3) is 0 Å². The molecule has 0 bridgehead atoms. The van der Waals surface area contributed by atoms with Crippen LogP contribution in [0.5, 0.6) is 0 Å². The van der Waals surface area contributed by atoms with Crippen molar-refractivity contribution in [2.24, 2.45) is 5.73 Å². The maximum absolute atomic E-state index is 6.07. The molecule has 0 saturated carbocycles. The largest absolute Gasteiger partial charge is 0.382 e. The lowest BCUT2D eigenvalue weighted by Crippen LogP contribution is -2.28. The molecule has 2 nitrogen and oxygen atoms in total. The average molecular weight is 262 g/mol. The van der Waals surface area contributed by atoms with Gasteiger partial charge in [-0.05, 0) is 43.5 Å². The minimum Gasteiger partial charge on any atom is -0.382 e. The second-order valence-electron chi connectivity index (χ2n) is 3.98. The van der Waals surface area contributed by atoms with E-state index in [4.69, 9.17) is 33.7 Å². The molecule has 0 spiro atoms. The summed E-state index contributed by atoms with van der Waals surface area (Å²) in [7, 11) is 1.68. The Morgan fingerprint density at radius 1 is 1.38 bits per heavy atom. The molecule has 0 heterocycles. The molecule has 0 amide bonds. The Hall–Kier alpha value is -0.280. The van der Waals surface area contributed by atoms with Gasteiger partial charge in [-0.15, -0.1) is 0 Å². The maximum atomic E-state index is 6.07. The van der Waals surface area contributed by atoms with E-state index < -0.39 is 0 Å². The van der Waals surface area contributed by atoms with Crippen molar-refractivity contribution in [3.8, 4) is 0 Å². The Labute approximate surface area is 107 Å². The fourth-order valence-electron chi connectivity index (χ4n) is 1.59. The van der Waals surface area contributed by atoms with Crippen LogP contribution in [-0.2, 0) is 11.2 Å². The molecule has 0 aliphatic heterocycles. The molecular formula is C12H17Cl2NO. The number of halogens is 2. The summed E-state index contributed by atoms with van der Waals surface area (Å²) in [6, 6.07) is 5.47. The number of ether oxygens (including phenoxy) is 1. The monoisotopic (exact) mass is 261 g/mol. The van der Waals surface area contributed by atoms with Crippen molar-refractivity contribution in [3.63, 3.8) is 0 Å². The van der Waals surface area contributed by atoms with Crippen LogP contribution in [0.2, 0.25) is 10.0 Å². The van der Waals surface area contributed by atoms with Crippen LogP contribution in [0, 0.1) is 0 Å². The van der Waals surface area contributed by atoms with E-state index in [9.17, 15) is 0 Å². The molecule has 90 valence electrons. The molecule has 0 radical (unpaired) electrons. The molecule has 1 aromatic rings. The summed E-state index contributed by atoms with van der Waals surface area (Å²) in [5.74, 6) is 0. The minimum absolute atomic E-state index is 0.0333. The molecule has 0 aliphatic rings. The molecule has 16 heavy (non-hydrogen) atoms. The molecule has 0 aromatic heterocycles. The van der Waals surface area contributed by atoms with Crippen LogP contribution in [0.25, 0.3) is 0 Å². The van der Waals surface area contributed by atoms with Gasteiger partial charge in [-0.2, -0.15) is 0 Å². The first-order chi connectivity index (χ1) is 7.52. The van der Waals surface area contributed by atoms with Crippen LogP contribution in [0.3, 0.4) is 0 Å². The molecule has 1 aromatic carbocycles. The third-order valence-corrected chi connectivity index (χ3v) is 3.13. The van der Waals surface area contributed by atoms with Crippen molar-refractivity contribution in [1.82, 2.24) is 0 Å². The fraction of sp³-hybridized carbons (Fsp3) is 0.500. The lowest BCUT2D eigenvalue weighted by molar-refractivity contribution is 0.104. The molecule has 1 rings (SSSR count). The number of hydrogen-bond acceptors (Lipinski definition) is 2. The Morgan fingerprint density at radius 2 is 2.06 bits per heavy atom. The van der Waals surface area contributed by atoms with Gasteiger partial charge < -0.3 is 10.5 Å². The van der Waals surface area contributed by atoms with Crippen molar-refractivity contribution >= 4 is 23.2 Å². The van der Waals surface area contributed by atoms with E-state index in [1.807, 2.05) is 13.0 Å². The number of hydrogen-bond donors (Lipinski definition) is 1. The number of methoxy groups -OCH3 is 1. The van der Waals surface area contributed by atoms with Gasteiger partial charge in [0.15, 0.2) is 0 Å². The number of nitrogens with two attached hydrogens (primary N) is 1. The van der Waals surface area contributed by atoms with E-state index in [0.29, 0.717) is 16.5 Å². The van der Waals surface area contributed by atoms with Gasteiger partial charge in [0, 0.05) is 23.2 Å². The lowest BCUT2D eigenvalue weighted by Gasteiger charge is -2.16. The van der Waals surface area contributed by atoms with Crippen molar-refractivity contribution < 1.29 is 4.74 Å². The molecule has 0 saturated heterocycles. The average Bonchev–Trinajstić information content (AvgIpc) is 2.23. The summed E-state index contributed by atoms with van der Waals surface area (Å²) in [4.78, 5) is 0. The SMILES string of the molecule is COC(C)CC(N)Cc1cc(Cl)ccc1Cl. The number of benzene rings is 1. The second-order valence-corrected chi connectivity index (χ2v) is 4.83. The predicted octanol–water partition coefficient (Wildman–Crippen LogP) is 3.29. The molecule has 0 fully saturated rings. The first kappa shape index (κ1) is 13.8. The normalized spacial score (nSPS) is 14.8. The Balaban J connectivity index is 2.61. The number of rotatable bonds is 5. The zero-order chi connectivity index (χ0) is 12.1. The van der Waals surface area contributed by atoms with Gasteiger partial charge >= 0.3 is 0 Å². The van der Waals surface area contributed by atoms with Crippen molar-refractivity contribution in [2.45, 2.75) is 31.9 Å². The fourth-order valence-corrected chi connectivity index (χ4v) is 1.98. The third-order valence-electron chi connectivity index (χ3n) is 2.53. The topological polar surface area (TPSA) is 35.2 Å². The van der Waals surface area contributed by atoms with E-state index in [1.54, 1.807) is 19.2 Å². The van der Waals surface area contributed by atoms with E-state index >= 15 is 0 Å². The minimum atomic E-state index is 0.0333. The smallest absolute Gasteiger partial charge is 0.0558 e. The second kappa shape index (κ2) is 6.45. The van der Waals surface area contributed by atoms with Gasteiger partial charge in [0.1, 0.15) is 0 Å². The van der Waals surface area contributed by atoms with Gasteiger partial charge in [0.05, 0.1) is 6.10 Å². The van der Waals surface area contributed by atoms with Gasteiger partial charge in [-0.3, -0.25) is 0 Å². The summed E-state index contributed by atoms with van der Waals surface area (Å²) in [6.07, 6.45) is 1.68. The molecule has 2 atom stereocenters. The Kier molecular flexibility index (Phi) is 5.56. The quantitative estimate of drug-likeness (QED) is 0.883. The highest BCUT2D eigenvalue weighted by Gasteiger charge is 2.11. The zero-order valence-corrected chi connectivity index (χ0v) is 11.1. The zero-order valence-electron chi connectivity index (χ0n) is 9.54. The van der Waals surface area contributed by atoms with Crippen LogP contribution in [0.15, 0.2) is 18.2 Å². The maximum Gasteiger partial charge on any atom is 0.0558 e. The van der Waals surface area contributed by atoms with Gasteiger partial charge in [-0.1, -0.05) is 23.2 Å². The summed E-state index contributed by atoms with van der Waals surface area (Å²) >= 11 is 12.0. The first-order valence-electron chi connectivity index (χ1n) is 5.25. The predicted molar refractivity (Wildman–Crippen MR) is 69.2 cm³/mol. The molecule has 0 aliphatic carbocycles. The summed E-state index contributed by atoms with van der Waals surface area (Å²) in [5.41, 5.74) is 7.01. The molecule has 2 unspecified atom stereocenters. The Bertz CT molecular complexity index is 344. The van der Waals surface area contributed by atoms with Gasteiger partial charge in [0.2, 0.25) is 0 Å². The Morgan fingerprint density at radius 3 is 2.69 bits per heavy atom. The highest BCUT2D eigenvalue weighted by molar-refractivity contribution is 6.33. The lowest BCUT2D eigenvalue weighted by atomic mass is 10.0. The summed E-state index contributed by atoms with van der Waals surface area (Å²) < 4.78 is 5.17. The highest BCUT2D eigenvalue weighted by Crippen LogP contribution is 2.22. The van der Waals surface area contributed by atoms with Crippen molar-refractivity contribution in [3.05, 3.63) is 33.8 Å². The van der Waals surface area contributed by atoms with Gasteiger partial charge in [-0.25, -0.2) is 0 Å². The molecular weight excluding hydrogens is 245 g/mol. The van der Waals surface area contributed by atoms with Crippen LogP contribution in [0.4, 0.5) is 0 Å². The summed E-state index contributed by atoms with van der Waals surface area (Å²) in [6.45, 7) is 2.00. The third kappa shape index (κ3) is 4.30. The van der Waals surface area contributed by atoms with Crippen LogP contribution < -0.4 is 5.73 Å². The van der Waals surface area contributed by atoms with Crippen LogP contribution in [-0.4, -0.2) is 19.3 Å². The molecule has 4 heteroatoms.